The van der Waals surface area contributed by atoms with Gasteiger partial charge in [0.1, 0.15) is 5.76 Å². The van der Waals surface area contributed by atoms with Crippen LogP contribution in [-0.2, 0) is 21.1 Å². The van der Waals surface area contributed by atoms with E-state index < -0.39 is 0 Å². The first kappa shape index (κ1) is 11.1. The summed E-state index contributed by atoms with van der Waals surface area (Å²) in [6.07, 6.45) is 0. The van der Waals surface area contributed by atoms with Crippen molar-refractivity contribution in [1.82, 2.24) is 5.16 Å². The average molecular weight is 378 g/mol. The minimum absolute atomic E-state index is 0. The van der Waals surface area contributed by atoms with Gasteiger partial charge >= 0.3 is 0 Å². The van der Waals surface area contributed by atoms with Crippen molar-refractivity contribution in [2.45, 2.75) is 0 Å². The molecule has 0 unspecified atom stereocenters. The molecule has 16 heavy (non-hydrogen) atoms. The van der Waals surface area contributed by atoms with E-state index in [-0.39, 0.29) is 21.1 Å². The molecule has 3 rings (SSSR count). The van der Waals surface area contributed by atoms with Crippen LogP contribution in [0.4, 0.5) is 0 Å². The van der Waals surface area contributed by atoms with Gasteiger partial charge < -0.3 is 4.52 Å². The first-order valence-electron chi connectivity index (χ1n) is 4.76. The molecule has 0 spiro atoms. The maximum Gasteiger partial charge on any atom is 0.120 e. The summed E-state index contributed by atoms with van der Waals surface area (Å²) in [5, 5.41) is 5.00. The Kier molecular flexibility index (Phi) is 3.21. The van der Waals surface area contributed by atoms with Crippen LogP contribution in [0.2, 0.25) is 0 Å². The van der Waals surface area contributed by atoms with Gasteiger partial charge in [0.15, 0.2) is 0 Å². The van der Waals surface area contributed by atoms with Crippen LogP contribution < -0.4 is 0 Å². The number of hydrogen-bond donors (Lipinski definition) is 0. The van der Waals surface area contributed by atoms with Crippen LogP contribution in [0.3, 0.4) is 0 Å². The summed E-state index contributed by atoms with van der Waals surface area (Å²) in [7, 11) is 0. The summed E-state index contributed by atoms with van der Waals surface area (Å²) in [6.45, 7) is 0. The predicted octanol–water partition coefficient (Wildman–Crippen LogP) is 3.29. The van der Waals surface area contributed by atoms with Crippen molar-refractivity contribution < 1.29 is 25.6 Å². The van der Waals surface area contributed by atoms with Gasteiger partial charge in [-0.25, -0.2) is 0 Å². The fraction of sp³-hybridized carbons (Fsp3) is 0. The maximum absolute atomic E-state index is 5.33. The largest absolute Gasteiger partial charge is 0.370 e. The van der Waals surface area contributed by atoms with Crippen molar-refractivity contribution in [1.29, 1.82) is 0 Å². The molecule has 0 aliphatic carbocycles. The molecule has 0 N–H and O–H groups in total. The quantitative estimate of drug-likeness (QED) is 0.608. The van der Waals surface area contributed by atoms with Crippen molar-refractivity contribution in [3.63, 3.8) is 0 Å². The van der Waals surface area contributed by atoms with Crippen molar-refractivity contribution >= 4 is 10.9 Å². The molecule has 0 radical (unpaired) electrons. The van der Waals surface area contributed by atoms with Crippen molar-refractivity contribution in [3.05, 3.63) is 54.6 Å². The van der Waals surface area contributed by atoms with Crippen molar-refractivity contribution in [2.24, 2.45) is 0 Å². The van der Waals surface area contributed by atoms with Crippen LogP contribution in [0.15, 0.2) is 53.1 Å². The Balaban J connectivity index is 0.000000963. The third kappa shape index (κ3) is 1.81. The standard InChI is InChI=1S/C13H8NO.W/c1-2-6-10(7-3-1)13-11-8-4-5-9-12(11)14-15-13;/h1-3,5-9H;/q-1;. The van der Waals surface area contributed by atoms with E-state index in [1.165, 1.54) is 0 Å². The van der Waals surface area contributed by atoms with E-state index in [4.69, 9.17) is 4.52 Å². The second kappa shape index (κ2) is 4.63. The Morgan fingerprint density at radius 2 is 1.88 bits per heavy atom. The average Bonchev–Trinajstić information content (AvgIpc) is 2.74. The summed E-state index contributed by atoms with van der Waals surface area (Å²) in [5.41, 5.74) is 1.91. The Labute approximate surface area is 108 Å². The van der Waals surface area contributed by atoms with E-state index in [0.717, 1.165) is 22.2 Å². The van der Waals surface area contributed by atoms with Gasteiger partial charge in [-0.05, 0) is 0 Å². The van der Waals surface area contributed by atoms with Crippen LogP contribution in [0, 0.1) is 6.07 Å². The molecule has 0 aliphatic rings. The van der Waals surface area contributed by atoms with Gasteiger partial charge in [-0.3, -0.25) is 0 Å². The molecule has 0 bridgehead atoms. The van der Waals surface area contributed by atoms with E-state index in [0.29, 0.717) is 0 Å². The second-order valence-electron chi connectivity index (χ2n) is 3.32. The summed E-state index contributed by atoms with van der Waals surface area (Å²) < 4.78 is 5.33. The molecule has 0 saturated carbocycles. The topological polar surface area (TPSA) is 26.0 Å². The molecule has 0 aliphatic heterocycles. The minimum atomic E-state index is 0. The Morgan fingerprint density at radius 3 is 2.69 bits per heavy atom. The molecule has 0 amide bonds. The van der Waals surface area contributed by atoms with E-state index in [1.807, 2.05) is 48.5 Å². The van der Waals surface area contributed by atoms with Gasteiger partial charge in [0.25, 0.3) is 0 Å². The molecule has 0 atom stereocenters. The zero-order valence-electron chi connectivity index (χ0n) is 8.38. The van der Waals surface area contributed by atoms with Crippen LogP contribution in [-0.4, -0.2) is 5.16 Å². The number of hydrogen-bond acceptors (Lipinski definition) is 2. The molecule has 0 saturated heterocycles. The van der Waals surface area contributed by atoms with Crippen LogP contribution in [0.5, 0.6) is 0 Å². The molecule has 0 fully saturated rings. The fourth-order valence-electron chi connectivity index (χ4n) is 1.63. The van der Waals surface area contributed by atoms with E-state index in [2.05, 4.69) is 11.2 Å². The Bertz CT molecular complexity index is 589. The van der Waals surface area contributed by atoms with Gasteiger partial charge in [-0.2, -0.15) is 18.2 Å². The first-order chi connectivity index (χ1) is 7.45. The number of benzene rings is 2. The molecule has 3 heteroatoms. The van der Waals surface area contributed by atoms with Gasteiger partial charge in [-0.15, -0.1) is 11.2 Å². The molecule has 2 nitrogen and oxygen atoms in total. The molecule has 1 heterocycles. The number of rotatable bonds is 1. The smallest absolute Gasteiger partial charge is 0.120 e. The Morgan fingerprint density at radius 1 is 1.06 bits per heavy atom. The van der Waals surface area contributed by atoms with Crippen LogP contribution in [0.1, 0.15) is 0 Å². The van der Waals surface area contributed by atoms with Gasteiger partial charge in [-0.1, -0.05) is 35.7 Å². The zero-order valence-corrected chi connectivity index (χ0v) is 11.3. The van der Waals surface area contributed by atoms with E-state index in [1.54, 1.807) is 0 Å². The third-order valence-electron chi connectivity index (χ3n) is 2.36. The van der Waals surface area contributed by atoms with Crippen molar-refractivity contribution in [2.75, 3.05) is 0 Å². The first-order valence-corrected chi connectivity index (χ1v) is 4.76. The number of nitrogens with zero attached hydrogens (tertiary/aromatic N) is 1. The molecular formula is C13H8NOW-. The summed E-state index contributed by atoms with van der Waals surface area (Å²) in [6, 6.07) is 18.6. The van der Waals surface area contributed by atoms with E-state index >= 15 is 0 Å². The second-order valence-corrected chi connectivity index (χ2v) is 3.32. The van der Waals surface area contributed by atoms with Gasteiger partial charge in [0.2, 0.25) is 0 Å². The fourth-order valence-corrected chi connectivity index (χ4v) is 1.63. The SMILES string of the molecule is [W].[c-]1ccc2noc(-c3ccccc3)c2c1. The minimum Gasteiger partial charge on any atom is -0.370 e. The van der Waals surface area contributed by atoms with Crippen LogP contribution >= 0.6 is 0 Å². The normalized spacial score (nSPS) is 10.0. The van der Waals surface area contributed by atoms with Gasteiger partial charge in [0.05, 0.1) is 0 Å². The maximum atomic E-state index is 5.33. The summed E-state index contributed by atoms with van der Waals surface area (Å²) in [4.78, 5) is 0. The third-order valence-corrected chi connectivity index (χ3v) is 2.36. The number of fused-ring (bicyclic) bond motifs is 1. The molecule has 3 aromatic rings. The Hall–Kier alpha value is -1.40. The monoisotopic (exact) mass is 378 g/mol. The molecular weight excluding hydrogens is 370 g/mol. The zero-order chi connectivity index (χ0) is 10.1. The number of aromatic nitrogens is 1. The van der Waals surface area contributed by atoms with Crippen molar-refractivity contribution in [3.8, 4) is 11.3 Å². The van der Waals surface area contributed by atoms with Crippen LogP contribution in [0.25, 0.3) is 22.2 Å². The van der Waals surface area contributed by atoms with E-state index in [9.17, 15) is 0 Å². The predicted molar refractivity (Wildman–Crippen MR) is 58.3 cm³/mol. The molecule has 1 aromatic heterocycles. The van der Waals surface area contributed by atoms with Gasteiger partial charge in [0, 0.05) is 32.1 Å². The molecule has 78 valence electrons. The molecule has 2 aromatic carbocycles. The summed E-state index contributed by atoms with van der Waals surface area (Å²) >= 11 is 0. The summed E-state index contributed by atoms with van der Waals surface area (Å²) in [5.74, 6) is 0.808.